The van der Waals surface area contributed by atoms with Crippen LogP contribution in [0.2, 0.25) is 0 Å². The number of hydrogen-bond donors (Lipinski definition) is 2. The summed E-state index contributed by atoms with van der Waals surface area (Å²) in [4.78, 5) is 0. The topological polar surface area (TPSA) is 58.2 Å². The molecule has 2 aliphatic carbocycles. The van der Waals surface area contributed by atoms with Gasteiger partial charge in [0, 0.05) is 18.1 Å². The van der Waals surface area contributed by atoms with Gasteiger partial charge in [0.15, 0.2) is 0 Å². The Morgan fingerprint density at radius 3 is 2.60 bits per heavy atom. The summed E-state index contributed by atoms with van der Waals surface area (Å²) in [5.74, 6) is 0.480. The van der Waals surface area contributed by atoms with Crippen LogP contribution in [0.1, 0.15) is 45.1 Å². The van der Waals surface area contributed by atoms with Crippen molar-refractivity contribution in [3.63, 3.8) is 0 Å². The molecule has 1 aromatic heterocycles. The maximum Gasteiger partial charge on any atom is 0.250 e. The van der Waals surface area contributed by atoms with Gasteiger partial charge in [-0.25, -0.2) is 13.1 Å². The SMILES string of the molecule is CC(C)(NS(=O)(=O)c1cc(CNC2CC2)cs1)C1CC1. The first-order valence-electron chi connectivity index (χ1n) is 7.21. The van der Waals surface area contributed by atoms with Crippen LogP contribution < -0.4 is 10.0 Å². The third-order valence-electron chi connectivity index (χ3n) is 4.06. The standard InChI is InChI=1S/C14H22N2O2S2/c1-14(2,11-3-4-11)16-20(17,18)13-7-10(9-19-13)8-15-12-5-6-12/h7,9,11-12,15-16H,3-6,8H2,1-2H3. The van der Waals surface area contributed by atoms with Crippen LogP contribution in [0, 0.1) is 5.92 Å². The zero-order valence-electron chi connectivity index (χ0n) is 12.0. The lowest BCUT2D eigenvalue weighted by atomic mass is 10.0. The Bertz CT molecular complexity index is 584. The molecule has 112 valence electrons. The Labute approximate surface area is 125 Å². The van der Waals surface area contributed by atoms with Crippen LogP contribution >= 0.6 is 11.3 Å². The second kappa shape index (κ2) is 5.09. The van der Waals surface area contributed by atoms with Gasteiger partial charge in [-0.15, -0.1) is 11.3 Å². The van der Waals surface area contributed by atoms with E-state index >= 15 is 0 Å². The molecular formula is C14H22N2O2S2. The van der Waals surface area contributed by atoms with E-state index in [0.29, 0.717) is 16.2 Å². The predicted octanol–water partition coefficient (Wildman–Crippen LogP) is 2.47. The summed E-state index contributed by atoms with van der Waals surface area (Å²) in [5, 5.41) is 5.34. The van der Waals surface area contributed by atoms with Gasteiger partial charge in [0.2, 0.25) is 0 Å². The molecule has 6 heteroatoms. The summed E-state index contributed by atoms with van der Waals surface area (Å²) >= 11 is 1.31. The van der Waals surface area contributed by atoms with Gasteiger partial charge >= 0.3 is 0 Å². The molecular weight excluding hydrogens is 292 g/mol. The zero-order chi connectivity index (χ0) is 14.4. The fourth-order valence-electron chi connectivity index (χ4n) is 2.42. The zero-order valence-corrected chi connectivity index (χ0v) is 13.6. The molecule has 1 heterocycles. The van der Waals surface area contributed by atoms with Gasteiger partial charge in [0.05, 0.1) is 0 Å². The Morgan fingerprint density at radius 2 is 2.00 bits per heavy atom. The van der Waals surface area contributed by atoms with Crippen molar-refractivity contribution in [1.82, 2.24) is 10.0 Å². The van der Waals surface area contributed by atoms with E-state index in [1.807, 2.05) is 19.2 Å². The first kappa shape index (κ1) is 14.5. The molecule has 0 aromatic carbocycles. The lowest BCUT2D eigenvalue weighted by molar-refractivity contribution is 0.401. The molecule has 1 aromatic rings. The molecule has 0 saturated heterocycles. The molecule has 0 radical (unpaired) electrons. The molecule has 0 bridgehead atoms. The Hall–Kier alpha value is -0.430. The molecule has 0 unspecified atom stereocenters. The molecule has 3 rings (SSSR count). The number of rotatable bonds is 7. The highest BCUT2D eigenvalue weighted by molar-refractivity contribution is 7.91. The van der Waals surface area contributed by atoms with Crippen LogP contribution in [0.15, 0.2) is 15.7 Å². The van der Waals surface area contributed by atoms with Crippen LogP contribution in [-0.4, -0.2) is 20.0 Å². The van der Waals surface area contributed by atoms with Crippen molar-refractivity contribution in [1.29, 1.82) is 0 Å². The fraction of sp³-hybridized carbons (Fsp3) is 0.714. The van der Waals surface area contributed by atoms with E-state index < -0.39 is 10.0 Å². The van der Waals surface area contributed by atoms with Crippen molar-refractivity contribution in [3.8, 4) is 0 Å². The number of nitrogens with one attached hydrogen (secondary N) is 2. The first-order chi connectivity index (χ1) is 9.37. The quantitative estimate of drug-likeness (QED) is 0.813. The van der Waals surface area contributed by atoms with Crippen molar-refractivity contribution in [3.05, 3.63) is 17.0 Å². The molecule has 20 heavy (non-hydrogen) atoms. The molecule has 2 aliphatic rings. The third-order valence-corrected chi connectivity index (χ3v) is 7.22. The minimum atomic E-state index is -3.38. The van der Waals surface area contributed by atoms with Crippen molar-refractivity contribution in [2.45, 2.75) is 61.9 Å². The highest BCUT2D eigenvalue weighted by atomic mass is 32.2. The van der Waals surface area contributed by atoms with Gasteiger partial charge in [-0.3, -0.25) is 0 Å². The number of thiophene rings is 1. The highest BCUT2D eigenvalue weighted by Crippen LogP contribution is 2.40. The highest BCUT2D eigenvalue weighted by Gasteiger charge is 2.40. The predicted molar refractivity (Wildman–Crippen MR) is 81.3 cm³/mol. The molecule has 2 fully saturated rings. The van der Waals surface area contributed by atoms with Crippen molar-refractivity contribution in [2.24, 2.45) is 5.92 Å². The Balaban J connectivity index is 1.66. The summed E-state index contributed by atoms with van der Waals surface area (Å²) in [7, 11) is -3.38. The van der Waals surface area contributed by atoms with Crippen LogP contribution in [-0.2, 0) is 16.6 Å². The summed E-state index contributed by atoms with van der Waals surface area (Å²) in [6.07, 6.45) is 4.73. The minimum Gasteiger partial charge on any atom is -0.310 e. The smallest absolute Gasteiger partial charge is 0.250 e. The lowest BCUT2D eigenvalue weighted by Gasteiger charge is -2.25. The lowest BCUT2D eigenvalue weighted by Crippen LogP contribution is -2.44. The number of hydrogen-bond acceptors (Lipinski definition) is 4. The first-order valence-corrected chi connectivity index (χ1v) is 9.58. The van der Waals surface area contributed by atoms with Gasteiger partial charge < -0.3 is 5.32 Å². The Kier molecular flexibility index (Phi) is 3.69. The van der Waals surface area contributed by atoms with Crippen LogP contribution in [0.5, 0.6) is 0 Å². The van der Waals surface area contributed by atoms with E-state index in [1.54, 1.807) is 6.07 Å². The van der Waals surface area contributed by atoms with Crippen molar-refractivity contribution < 1.29 is 8.42 Å². The maximum atomic E-state index is 12.4. The molecule has 0 aliphatic heterocycles. The largest absolute Gasteiger partial charge is 0.310 e. The summed E-state index contributed by atoms with van der Waals surface area (Å²) in [5.41, 5.74) is 0.724. The van der Waals surface area contributed by atoms with E-state index in [9.17, 15) is 8.42 Å². The average Bonchev–Trinajstić information content (AvgIpc) is 3.23. The Morgan fingerprint density at radius 1 is 1.30 bits per heavy atom. The second-order valence-corrected chi connectivity index (χ2v) is 9.35. The van der Waals surface area contributed by atoms with Gasteiger partial charge in [0.25, 0.3) is 10.0 Å². The average molecular weight is 314 g/mol. The fourth-order valence-corrected chi connectivity index (χ4v) is 5.10. The molecule has 0 spiro atoms. The van der Waals surface area contributed by atoms with Gasteiger partial charge in [-0.05, 0) is 62.5 Å². The van der Waals surface area contributed by atoms with Crippen LogP contribution in [0.4, 0.5) is 0 Å². The molecule has 2 saturated carbocycles. The molecule has 4 nitrogen and oxygen atoms in total. The van der Waals surface area contributed by atoms with E-state index in [0.717, 1.165) is 24.9 Å². The summed E-state index contributed by atoms with van der Waals surface area (Å²) in [6.45, 7) is 4.72. The third kappa shape index (κ3) is 3.42. The van der Waals surface area contributed by atoms with Gasteiger partial charge in [0.1, 0.15) is 4.21 Å². The van der Waals surface area contributed by atoms with E-state index in [1.165, 1.54) is 24.2 Å². The van der Waals surface area contributed by atoms with Gasteiger partial charge in [-0.2, -0.15) is 0 Å². The monoisotopic (exact) mass is 314 g/mol. The van der Waals surface area contributed by atoms with Crippen molar-refractivity contribution in [2.75, 3.05) is 0 Å². The van der Waals surface area contributed by atoms with E-state index in [2.05, 4.69) is 10.0 Å². The van der Waals surface area contributed by atoms with E-state index in [-0.39, 0.29) is 5.54 Å². The van der Waals surface area contributed by atoms with Crippen molar-refractivity contribution >= 4 is 21.4 Å². The van der Waals surface area contributed by atoms with Gasteiger partial charge in [-0.1, -0.05) is 0 Å². The maximum absolute atomic E-state index is 12.4. The normalized spacial score (nSPS) is 20.3. The molecule has 2 N–H and O–H groups in total. The second-order valence-electron chi connectivity index (χ2n) is 6.53. The van der Waals surface area contributed by atoms with E-state index in [4.69, 9.17) is 0 Å². The van der Waals surface area contributed by atoms with Crippen LogP contribution in [0.3, 0.4) is 0 Å². The minimum absolute atomic E-state index is 0.338. The number of sulfonamides is 1. The van der Waals surface area contributed by atoms with Crippen LogP contribution in [0.25, 0.3) is 0 Å². The summed E-state index contributed by atoms with van der Waals surface area (Å²) in [6, 6.07) is 2.44. The molecule has 0 amide bonds. The molecule has 0 atom stereocenters. The summed E-state index contributed by atoms with van der Waals surface area (Å²) < 4.78 is 28.1.